The third-order valence-electron chi connectivity index (χ3n) is 11.8. The van der Waals surface area contributed by atoms with Crippen LogP contribution in [-0.4, -0.2) is 125 Å². The number of amides is 3. The lowest BCUT2D eigenvalue weighted by Crippen LogP contribution is -2.80. The van der Waals surface area contributed by atoms with Crippen molar-refractivity contribution in [3.05, 3.63) is 12.7 Å². The van der Waals surface area contributed by atoms with E-state index in [1.165, 1.54) is 6.08 Å². The number of piperidine rings is 2. The number of halogens is 2. The molecule has 7 fully saturated rings. The lowest BCUT2D eigenvalue weighted by atomic mass is 9.72. The van der Waals surface area contributed by atoms with Crippen LogP contribution in [0.25, 0.3) is 0 Å². The van der Waals surface area contributed by atoms with E-state index in [-0.39, 0.29) is 65.9 Å². The van der Waals surface area contributed by atoms with Crippen LogP contribution in [-0.2, 0) is 4.79 Å². The molecular formula is C32H51F2N7O2S. The largest absolute Gasteiger partial charge is 0.333 e. The number of rotatable bonds is 3. The van der Waals surface area contributed by atoms with Crippen molar-refractivity contribution in [1.29, 1.82) is 0 Å². The van der Waals surface area contributed by atoms with Crippen molar-refractivity contribution >= 4 is 23.7 Å². The number of carbonyl (C=O) groups is 2. The molecule has 11 unspecified atom stereocenters. The molecule has 7 rings (SSSR count). The van der Waals surface area contributed by atoms with Gasteiger partial charge in [0.05, 0.1) is 18.4 Å². The Morgan fingerprint density at radius 1 is 1.02 bits per heavy atom. The number of alkyl halides is 2. The summed E-state index contributed by atoms with van der Waals surface area (Å²) in [6, 6.07) is -0.572. The molecule has 13 atom stereocenters. The Hall–Kier alpha value is -1.47. The van der Waals surface area contributed by atoms with Crippen molar-refractivity contribution in [3.63, 3.8) is 0 Å². The number of piperazine rings is 1. The van der Waals surface area contributed by atoms with Crippen LogP contribution in [0.2, 0.25) is 0 Å². The van der Waals surface area contributed by atoms with E-state index in [9.17, 15) is 9.59 Å². The first-order valence-electron chi connectivity index (χ1n) is 17.2. The fourth-order valence-electron chi connectivity index (χ4n) is 9.69. The van der Waals surface area contributed by atoms with Crippen LogP contribution in [0.1, 0.15) is 58.8 Å². The highest BCUT2D eigenvalue weighted by Gasteiger charge is 2.60. The molecule has 0 aromatic rings. The summed E-state index contributed by atoms with van der Waals surface area (Å²) in [7, 11) is 0. The van der Waals surface area contributed by atoms with E-state index in [4.69, 9.17) is 0 Å². The Morgan fingerprint density at radius 3 is 2.66 bits per heavy atom. The van der Waals surface area contributed by atoms with E-state index in [0.29, 0.717) is 25.4 Å². The average molecular weight is 636 g/mol. The molecule has 2 aliphatic carbocycles. The maximum absolute atomic E-state index is 16.6. The van der Waals surface area contributed by atoms with E-state index in [1.54, 1.807) is 0 Å². The number of nitrogens with zero attached hydrogens (tertiary/aromatic N) is 3. The summed E-state index contributed by atoms with van der Waals surface area (Å²) in [6.07, 6.45) is 3.51. The average Bonchev–Trinajstić information content (AvgIpc) is 3.81. The Morgan fingerprint density at radius 2 is 1.86 bits per heavy atom. The number of hydrogen-bond acceptors (Lipinski definition) is 7. The van der Waals surface area contributed by atoms with Gasteiger partial charge < -0.3 is 25.8 Å². The molecule has 0 radical (unpaired) electrons. The first-order valence-corrected chi connectivity index (χ1v) is 18.2. The van der Waals surface area contributed by atoms with Crippen molar-refractivity contribution < 1.29 is 18.4 Å². The Balaban J connectivity index is 1.25. The summed E-state index contributed by atoms with van der Waals surface area (Å²) in [5, 5.41) is 14.7. The van der Waals surface area contributed by atoms with Gasteiger partial charge in [-0.25, -0.2) is 13.6 Å². The second-order valence-corrected chi connectivity index (χ2v) is 15.9. The van der Waals surface area contributed by atoms with Crippen LogP contribution in [0.4, 0.5) is 13.6 Å². The summed E-state index contributed by atoms with van der Waals surface area (Å²) < 4.78 is 32.5. The molecule has 7 aliphatic rings. The molecule has 9 nitrogen and oxygen atoms in total. The number of urea groups is 1. The third-order valence-corrected chi connectivity index (χ3v) is 13.2. The molecule has 5 saturated heterocycles. The molecule has 5 aliphatic heterocycles. The van der Waals surface area contributed by atoms with Gasteiger partial charge in [-0.3, -0.25) is 15.0 Å². The molecule has 0 spiro atoms. The molecule has 4 N–H and O–H groups in total. The fraction of sp³-hybridized carbons (Fsp3) is 0.875. The number of fused-ring (bicyclic) bond motifs is 6. The van der Waals surface area contributed by atoms with Crippen LogP contribution in [0, 0.1) is 17.8 Å². The number of thioether (sulfide) groups is 1. The number of hydrogen-bond donors (Lipinski definition) is 4. The van der Waals surface area contributed by atoms with Gasteiger partial charge in [0.25, 0.3) is 0 Å². The third kappa shape index (κ3) is 5.48. The minimum absolute atomic E-state index is 0.0540. The molecule has 12 heteroatoms. The lowest BCUT2D eigenvalue weighted by Gasteiger charge is -2.59. The van der Waals surface area contributed by atoms with Crippen molar-refractivity contribution in [2.45, 2.75) is 125 Å². The smallest absolute Gasteiger partial charge is 0.320 e. The van der Waals surface area contributed by atoms with Gasteiger partial charge in [-0.2, -0.15) is 11.8 Å². The summed E-state index contributed by atoms with van der Waals surface area (Å²) >= 11 is 1.96. The molecule has 44 heavy (non-hydrogen) atoms. The molecule has 2 saturated carbocycles. The molecule has 3 amide bonds. The van der Waals surface area contributed by atoms with E-state index >= 15 is 8.78 Å². The Labute approximate surface area is 265 Å². The molecule has 0 aromatic heterocycles. The standard InChI is InChI=1S/C32H51F2N7O2S/c1-4-25(42)39-12-13-40(23-16-22(23)39)30-18-15-20(34)28-26-19(33)7-5-8-21(26)35-10-6-14-44-24-9-11-36-27(17(2)3)29(24)41(31(18)37-28)32(43)38-30/h4,17-24,26-31,35-37H,1,5-16H2,2-3H3,(H,38,43)/t18?,19?,20?,21?,22-,23+,24?,26?,27?,28?,29?,30?,31?/m0/s1. The predicted molar refractivity (Wildman–Crippen MR) is 169 cm³/mol. The predicted octanol–water partition coefficient (Wildman–Crippen LogP) is 2.44. The van der Waals surface area contributed by atoms with Gasteiger partial charge in [-0.15, -0.1) is 0 Å². The molecular weight excluding hydrogens is 584 g/mol. The maximum atomic E-state index is 16.6. The minimum Gasteiger partial charge on any atom is -0.333 e. The molecule has 2 bridgehead atoms. The Bertz CT molecular complexity index is 1100. The highest BCUT2D eigenvalue weighted by molar-refractivity contribution is 7.99. The SMILES string of the molecule is C=CC(=O)N1CCN(C2NC(=O)N3C4NC(C(F)CC42)C2C(F)CCCC2NCCCSC2CCNC(C(C)C)C23)[C@@H]2C[C@@H]21. The van der Waals surface area contributed by atoms with E-state index < -0.39 is 30.5 Å². The van der Waals surface area contributed by atoms with Gasteiger partial charge in [0, 0.05) is 60.4 Å². The number of carbonyl (C=O) groups excluding carboxylic acids is 2. The summed E-state index contributed by atoms with van der Waals surface area (Å²) in [5.74, 6) is 0.544. The van der Waals surface area contributed by atoms with Crippen LogP contribution in [0.5, 0.6) is 0 Å². The van der Waals surface area contributed by atoms with Gasteiger partial charge in [0.1, 0.15) is 12.3 Å². The van der Waals surface area contributed by atoms with Gasteiger partial charge in [0.2, 0.25) is 5.91 Å². The quantitative estimate of drug-likeness (QED) is 0.355. The zero-order chi connectivity index (χ0) is 30.7. The topological polar surface area (TPSA) is 92.0 Å². The lowest BCUT2D eigenvalue weighted by molar-refractivity contribution is -0.130. The van der Waals surface area contributed by atoms with Crippen molar-refractivity contribution in [2.75, 3.05) is 31.9 Å². The molecule has 0 aromatic carbocycles. The fourth-order valence-corrected chi connectivity index (χ4v) is 11.1. The molecule has 246 valence electrons. The summed E-state index contributed by atoms with van der Waals surface area (Å²) in [4.78, 5) is 33.2. The van der Waals surface area contributed by atoms with Crippen LogP contribution in [0.3, 0.4) is 0 Å². The van der Waals surface area contributed by atoms with Gasteiger partial charge >= 0.3 is 6.03 Å². The zero-order valence-electron chi connectivity index (χ0n) is 26.2. The summed E-state index contributed by atoms with van der Waals surface area (Å²) in [6.45, 7) is 11.0. The first kappa shape index (κ1) is 31.1. The zero-order valence-corrected chi connectivity index (χ0v) is 27.0. The van der Waals surface area contributed by atoms with E-state index in [0.717, 1.165) is 50.9 Å². The number of nitrogens with one attached hydrogen (secondary N) is 4. The van der Waals surface area contributed by atoms with Crippen LogP contribution >= 0.6 is 11.8 Å². The van der Waals surface area contributed by atoms with Crippen molar-refractivity contribution in [1.82, 2.24) is 36.0 Å². The van der Waals surface area contributed by atoms with Gasteiger partial charge in [-0.1, -0.05) is 20.4 Å². The highest BCUT2D eigenvalue weighted by Crippen LogP contribution is 2.45. The van der Waals surface area contributed by atoms with Crippen molar-refractivity contribution in [3.8, 4) is 0 Å². The van der Waals surface area contributed by atoms with E-state index in [1.807, 2.05) is 21.6 Å². The molecule has 5 heterocycles. The highest BCUT2D eigenvalue weighted by atomic mass is 32.2. The second kappa shape index (κ2) is 12.6. The second-order valence-electron chi connectivity index (χ2n) is 14.5. The Kier molecular flexibility index (Phi) is 8.93. The normalized spacial score (nSPS) is 46.3. The maximum Gasteiger partial charge on any atom is 0.320 e. The first-order chi connectivity index (χ1) is 21.3. The monoisotopic (exact) mass is 635 g/mol. The minimum atomic E-state index is -1.22. The van der Waals surface area contributed by atoms with Gasteiger partial charge in [0.15, 0.2) is 0 Å². The summed E-state index contributed by atoms with van der Waals surface area (Å²) in [5.41, 5.74) is 0. The van der Waals surface area contributed by atoms with Crippen LogP contribution < -0.4 is 21.3 Å². The van der Waals surface area contributed by atoms with Crippen LogP contribution in [0.15, 0.2) is 12.7 Å². The van der Waals surface area contributed by atoms with E-state index in [2.05, 4.69) is 46.6 Å². The van der Waals surface area contributed by atoms with Gasteiger partial charge in [-0.05, 0) is 75.8 Å². The van der Waals surface area contributed by atoms with Crippen molar-refractivity contribution in [2.24, 2.45) is 17.8 Å².